The molecule has 0 bridgehead atoms. The van der Waals surface area contributed by atoms with E-state index in [1.54, 1.807) is 7.11 Å². The van der Waals surface area contributed by atoms with Crippen LogP contribution in [0.15, 0.2) is 12.2 Å². The average molecular weight is 211 g/mol. The molecule has 1 aliphatic rings. The van der Waals surface area contributed by atoms with Gasteiger partial charge < -0.3 is 10.1 Å². The zero-order chi connectivity index (χ0) is 11.1. The summed E-state index contributed by atoms with van der Waals surface area (Å²) in [6.07, 6.45) is 9.41. The zero-order valence-corrected chi connectivity index (χ0v) is 10.3. The quantitative estimate of drug-likeness (QED) is 0.682. The lowest BCUT2D eigenvalue weighted by atomic mass is 9.96. The second-order valence-electron chi connectivity index (χ2n) is 4.78. The van der Waals surface area contributed by atoms with Crippen LogP contribution < -0.4 is 5.32 Å². The molecule has 0 aromatic heterocycles. The first-order valence-electron chi connectivity index (χ1n) is 6.14. The van der Waals surface area contributed by atoms with Crippen LogP contribution in [-0.2, 0) is 4.74 Å². The number of hydrogen-bond donors (Lipinski definition) is 1. The van der Waals surface area contributed by atoms with Gasteiger partial charge in [0.05, 0.1) is 0 Å². The third-order valence-electron chi connectivity index (χ3n) is 3.16. The second-order valence-corrected chi connectivity index (χ2v) is 4.78. The Balaban J connectivity index is 2.32. The summed E-state index contributed by atoms with van der Waals surface area (Å²) in [5.74, 6) is 0.686. The van der Waals surface area contributed by atoms with Crippen molar-refractivity contribution >= 4 is 0 Å². The van der Waals surface area contributed by atoms with Crippen LogP contribution in [0.1, 0.15) is 39.5 Å². The van der Waals surface area contributed by atoms with Gasteiger partial charge in [-0.05, 0) is 31.6 Å². The summed E-state index contributed by atoms with van der Waals surface area (Å²) in [6, 6.07) is 1.28. The minimum Gasteiger partial charge on any atom is -0.385 e. The largest absolute Gasteiger partial charge is 0.385 e. The Bertz CT molecular complexity index is 189. The fourth-order valence-corrected chi connectivity index (χ4v) is 2.10. The van der Waals surface area contributed by atoms with Crippen molar-refractivity contribution in [2.24, 2.45) is 5.92 Å². The predicted molar refractivity (Wildman–Crippen MR) is 65.0 cm³/mol. The van der Waals surface area contributed by atoms with Crippen molar-refractivity contribution in [1.29, 1.82) is 0 Å². The molecule has 1 rings (SSSR count). The van der Waals surface area contributed by atoms with Crippen LogP contribution in [0, 0.1) is 5.92 Å². The Kier molecular flexibility index (Phi) is 5.96. The third-order valence-corrected chi connectivity index (χ3v) is 3.16. The van der Waals surface area contributed by atoms with E-state index in [1.165, 1.54) is 19.3 Å². The number of rotatable bonds is 6. The molecule has 0 aromatic carbocycles. The molecular weight excluding hydrogens is 186 g/mol. The Labute approximate surface area is 94.1 Å². The Morgan fingerprint density at radius 2 is 2.20 bits per heavy atom. The van der Waals surface area contributed by atoms with Crippen molar-refractivity contribution in [3.63, 3.8) is 0 Å². The lowest BCUT2D eigenvalue weighted by Crippen LogP contribution is -2.42. The van der Waals surface area contributed by atoms with Gasteiger partial charge in [0.2, 0.25) is 0 Å². The highest BCUT2D eigenvalue weighted by atomic mass is 16.5. The number of ether oxygens (including phenoxy) is 1. The summed E-state index contributed by atoms with van der Waals surface area (Å²) in [6.45, 7) is 5.43. The zero-order valence-electron chi connectivity index (χ0n) is 10.3. The van der Waals surface area contributed by atoms with Crippen molar-refractivity contribution in [3.05, 3.63) is 12.2 Å². The van der Waals surface area contributed by atoms with Gasteiger partial charge in [0, 0.05) is 25.8 Å². The fourth-order valence-electron chi connectivity index (χ4n) is 2.10. The van der Waals surface area contributed by atoms with E-state index in [2.05, 4.69) is 31.3 Å². The summed E-state index contributed by atoms with van der Waals surface area (Å²) >= 11 is 0. The maximum atomic E-state index is 5.16. The molecule has 0 spiro atoms. The van der Waals surface area contributed by atoms with Crippen molar-refractivity contribution in [2.45, 2.75) is 51.6 Å². The monoisotopic (exact) mass is 211 g/mol. The summed E-state index contributed by atoms with van der Waals surface area (Å²) in [4.78, 5) is 0. The molecule has 2 nitrogen and oxygen atoms in total. The molecule has 0 aromatic rings. The predicted octanol–water partition coefficient (Wildman–Crippen LogP) is 2.75. The lowest BCUT2D eigenvalue weighted by molar-refractivity contribution is 0.169. The summed E-state index contributed by atoms with van der Waals surface area (Å²) in [7, 11) is 1.78. The lowest BCUT2D eigenvalue weighted by Gasteiger charge is -2.29. The van der Waals surface area contributed by atoms with E-state index in [0.717, 1.165) is 13.0 Å². The molecule has 2 atom stereocenters. The van der Waals surface area contributed by atoms with Gasteiger partial charge in [-0.15, -0.1) is 0 Å². The van der Waals surface area contributed by atoms with Crippen LogP contribution in [0.5, 0.6) is 0 Å². The van der Waals surface area contributed by atoms with E-state index in [9.17, 15) is 0 Å². The van der Waals surface area contributed by atoms with Crippen LogP contribution in [0.2, 0.25) is 0 Å². The topological polar surface area (TPSA) is 21.3 Å². The minimum absolute atomic E-state index is 0.599. The number of methoxy groups -OCH3 is 1. The summed E-state index contributed by atoms with van der Waals surface area (Å²) in [5, 5.41) is 3.76. The first-order chi connectivity index (χ1) is 7.24. The van der Waals surface area contributed by atoms with Gasteiger partial charge >= 0.3 is 0 Å². The second kappa shape index (κ2) is 7.02. The molecule has 0 fully saturated rings. The normalized spacial score (nSPS) is 23.3. The smallest absolute Gasteiger partial charge is 0.0477 e. The molecule has 0 radical (unpaired) electrons. The van der Waals surface area contributed by atoms with Crippen molar-refractivity contribution in [2.75, 3.05) is 13.7 Å². The molecule has 15 heavy (non-hydrogen) atoms. The maximum Gasteiger partial charge on any atom is 0.0477 e. The average Bonchev–Trinajstić information content (AvgIpc) is 2.25. The molecule has 1 aliphatic carbocycles. The molecule has 2 heteroatoms. The Hall–Kier alpha value is -0.340. The molecule has 2 unspecified atom stereocenters. The number of hydrogen-bond acceptors (Lipinski definition) is 2. The first-order valence-corrected chi connectivity index (χ1v) is 6.14. The highest BCUT2D eigenvalue weighted by molar-refractivity contribution is 4.94. The summed E-state index contributed by atoms with van der Waals surface area (Å²) < 4.78 is 5.16. The third kappa shape index (κ3) is 4.80. The van der Waals surface area contributed by atoms with Gasteiger partial charge in [-0.1, -0.05) is 26.0 Å². The van der Waals surface area contributed by atoms with Gasteiger partial charge in [0.15, 0.2) is 0 Å². The van der Waals surface area contributed by atoms with Gasteiger partial charge in [0.25, 0.3) is 0 Å². The molecule has 0 saturated carbocycles. The standard InChI is InChI=1S/C13H25NO/c1-11(2)13(9-10-15-3)14-12-7-5-4-6-8-12/h4-5,11-14H,6-10H2,1-3H3. The molecule has 0 amide bonds. The molecule has 88 valence electrons. The first kappa shape index (κ1) is 12.7. The van der Waals surface area contributed by atoms with Crippen molar-refractivity contribution in [3.8, 4) is 0 Å². The van der Waals surface area contributed by atoms with Crippen LogP contribution >= 0.6 is 0 Å². The van der Waals surface area contributed by atoms with Crippen LogP contribution in [0.4, 0.5) is 0 Å². The van der Waals surface area contributed by atoms with E-state index >= 15 is 0 Å². The molecule has 1 N–H and O–H groups in total. The number of allylic oxidation sites excluding steroid dienone is 1. The van der Waals surface area contributed by atoms with E-state index in [-0.39, 0.29) is 0 Å². The van der Waals surface area contributed by atoms with E-state index in [0.29, 0.717) is 18.0 Å². The fraction of sp³-hybridized carbons (Fsp3) is 0.846. The number of nitrogens with one attached hydrogen (secondary N) is 1. The SMILES string of the molecule is COCCC(NC1CC=CCC1)C(C)C. The summed E-state index contributed by atoms with van der Waals surface area (Å²) in [5.41, 5.74) is 0. The van der Waals surface area contributed by atoms with Crippen molar-refractivity contribution < 1.29 is 4.74 Å². The van der Waals surface area contributed by atoms with Gasteiger partial charge in [-0.3, -0.25) is 0 Å². The Morgan fingerprint density at radius 1 is 1.40 bits per heavy atom. The van der Waals surface area contributed by atoms with Gasteiger partial charge in [0.1, 0.15) is 0 Å². The molecule has 0 saturated heterocycles. The van der Waals surface area contributed by atoms with Gasteiger partial charge in [-0.2, -0.15) is 0 Å². The maximum absolute atomic E-state index is 5.16. The Morgan fingerprint density at radius 3 is 2.73 bits per heavy atom. The van der Waals surface area contributed by atoms with Crippen molar-refractivity contribution in [1.82, 2.24) is 5.32 Å². The molecule has 0 aliphatic heterocycles. The van der Waals surface area contributed by atoms with E-state index in [1.807, 2.05) is 0 Å². The molecular formula is C13H25NO. The van der Waals surface area contributed by atoms with Crippen LogP contribution in [-0.4, -0.2) is 25.8 Å². The molecule has 0 heterocycles. The minimum atomic E-state index is 0.599. The van der Waals surface area contributed by atoms with Crippen LogP contribution in [0.3, 0.4) is 0 Å². The highest BCUT2D eigenvalue weighted by Crippen LogP contribution is 2.15. The highest BCUT2D eigenvalue weighted by Gasteiger charge is 2.18. The van der Waals surface area contributed by atoms with E-state index < -0.39 is 0 Å². The van der Waals surface area contributed by atoms with E-state index in [4.69, 9.17) is 4.74 Å². The van der Waals surface area contributed by atoms with Crippen LogP contribution in [0.25, 0.3) is 0 Å². The van der Waals surface area contributed by atoms with Gasteiger partial charge in [-0.25, -0.2) is 0 Å².